The van der Waals surface area contributed by atoms with Crippen LogP contribution in [0.1, 0.15) is 21.5 Å². The summed E-state index contributed by atoms with van der Waals surface area (Å²) < 4.78 is 0. The molecule has 0 bridgehead atoms. The largest absolute Gasteiger partial charge is 0.0840 e. The second kappa shape index (κ2) is 5.07. The quantitative estimate of drug-likeness (QED) is 0.668. The molecule has 2 aromatic carbocycles. The van der Waals surface area contributed by atoms with Crippen LogP contribution in [0.2, 0.25) is 5.02 Å². The lowest BCUT2D eigenvalue weighted by Gasteiger charge is -2.15. The summed E-state index contributed by atoms with van der Waals surface area (Å²) in [6.45, 7) is 0. The molecule has 3 rings (SSSR count). The number of hydrogen-bond acceptors (Lipinski definition) is 0. The fourth-order valence-electron chi connectivity index (χ4n) is 2.75. The number of rotatable bonds is 2. The SMILES string of the molecule is Clc1ccccc1CC1Cc2ccccc2C1Br. The first-order valence-corrected chi connectivity index (χ1v) is 7.50. The average Bonchev–Trinajstić information content (AvgIpc) is 2.70. The Morgan fingerprint density at radius 1 is 1.06 bits per heavy atom. The van der Waals surface area contributed by atoms with E-state index in [9.17, 15) is 0 Å². The molecule has 0 aliphatic heterocycles. The molecule has 0 nitrogen and oxygen atoms in total. The van der Waals surface area contributed by atoms with Crippen molar-refractivity contribution in [1.82, 2.24) is 0 Å². The molecule has 2 heteroatoms. The minimum atomic E-state index is 0.449. The third-order valence-electron chi connectivity index (χ3n) is 3.69. The zero-order valence-corrected chi connectivity index (χ0v) is 12.3. The van der Waals surface area contributed by atoms with Gasteiger partial charge in [-0.3, -0.25) is 0 Å². The Bertz CT molecular complexity index is 565. The van der Waals surface area contributed by atoms with Gasteiger partial charge in [-0.1, -0.05) is 70.0 Å². The minimum absolute atomic E-state index is 0.449. The van der Waals surface area contributed by atoms with Gasteiger partial charge in [-0.05, 0) is 41.5 Å². The van der Waals surface area contributed by atoms with Gasteiger partial charge in [0.25, 0.3) is 0 Å². The Kier molecular flexibility index (Phi) is 3.45. The number of halogens is 2. The summed E-state index contributed by atoms with van der Waals surface area (Å²) in [5, 5.41) is 0.883. The molecular formula is C16H14BrCl. The van der Waals surface area contributed by atoms with Crippen LogP contribution in [0.3, 0.4) is 0 Å². The summed E-state index contributed by atoms with van der Waals surface area (Å²) in [4.78, 5) is 0.449. The Hall–Kier alpha value is -0.790. The first kappa shape index (κ1) is 12.3. The second-order valence-corrected chi connectivity index (χ2v) is 6.25. The van der Waals surface area contributed by atoms with Crippen LogP contribution in [0.15, 0.2) is 48.5 Å². The minimum Gasteiger partial charge on any atom is -0.0840 e. The molecular weight excluding hydrogens is 308 g/mol. The fourth-order valence-corrected chi connectivity index (χ4v) is 3.78. The van der Waals surface area contributed by atoms with Crippen LogP contribution in [0, 0.1) is 5.92 Å². The van der Waals surface area contributed by atoms with E-state index in [0.29, 0.717) is 10.7 Å². The van der Waals surface area contributed by atoms with E-state index in [2.05, 4.69) is 52.3 Å². The molecule has 0 fully saturated rings. The van der Waals surface area contributed by atoms with Gasteiger partial charge in [0.05, 0.1) is 0 Å². The lowest BCUT2D eigenvalue weighted by molar-refractivity contribution is 0.555. The van der Waals surface area contributed by atoms with Gasteiger partial charge in [0, 0.05) is 9.85 Å². The van der Waals surface area contributed by atoms with E-state index in [0.717, 1.165) is 17.9 Å². The fraction of sp³-hybridized carbons (Fsp3) is 0.250. The average molecular weight is 322 g/mol. The highest BCUT2D eigenvalue weighted by Crippen LogP contribution is 2.43. The summed E-state index contributed by atoms with van der Waals surface area (Å²) in [5.41, 5.74) is 4.16. The van der Waals surface area contributed by atoms with Crippen LogP contribution < -0.4 is 0 Å². The van der Waals surface area contributed by atoms with Gasteiger partial charge in [-0.2, -0.15) is 0 Å². The Labute approximate surface area is 121 Å². The molecule has 0 N–H and O–H groups in total. The summed E-state index contributed by atoms with van der Waals surface area (Å²) in [6.07, 6.45) is 2.17. The van der Waals surface area contributed by atoms with Gasteiger partial charge in [0.2, 0.25) is 0 Å². The third-order valence-corrected chi connectivity index (χ3v) is 5.30. The van der Waals surface area contributed by atoms with Crippen molar-refractivity contribution in [3.63, 3.8) is 0 Å². The zero-order chi connectivity index (χ0) is 12.5. The summed E-state index contributed by atoms with van der Waals surface area (Å²) in [6, 6.07) is 16.8. The predicted octanol–water partition coefficient (Wildman–Crippen LogP) is 5.19. The van der Waals surface area contributed by atoms with Crippen molar-refractivity contribution in [1.29, 1.82) is 0 Å². The van der Waals surface area contributed by atoms with Crippen LogP contribution in [-0.2, 0) is 12.8 Å². The van der Waals surface area contributed by atoms with Crippen molar-refractivity contribution in [3.8, 4) is 0 Å². The van der Waals surface area contributed by atoms with Gasteiger partial charge in [-0.15, -0.1) is 0 Å². The molecule has 92 valence electrons. The highest BCUT2D eigenvalue weighted by molar-refractivity contribution is 9.09. The van der Waals surface area contributed by atoms with Crippen LogP contribution in [-0.4, -0.2) is 0 Å². The van der Waals surface area contributed by atoms with E-state index in [1.165, 1.54) is 16.7 Å². The molecule has 0 aromatic heterocycles. The molecule has 18 heavy (non-hydrogen) atoms. The lowest BCUT2D eigenvalue weighted by Crippen LogP contribution is -2.06. The monoisotopic (exact) mass is 320 g/mol. The molecule has 0 saturated heterocycles. The van der Waals surface area contributed by atoms with Gasteiger partial charge in [0.15, 0.2) is 0 Å². The number of hydrogen-bond donors (Lipinski definition) is 0. The molecule has 0 radical (unpaired) electrons. The van der Waals surface area contributed by atoms with E-state index in [1.54, 1.807) is 0 Å². The van der Waals surface area contributed by atoms with Gasteiger partial charge >= 0.3 is 0 Å². The predicted molar refractivity (Wildman–Crippen MR) is 80.5 cm³/mol. The molecule has 0 saturated carbocycles. The Morgan fingerprint density at radius 3 is 2.56 bits per heavy atom. The van der Waals surface area contributed by atoms with Crippen molar-refractivity contribution in [2.45, 2.75) is 17.7 Å². The Morgan fingerprint density at radius 2 is 1.78 bits per heavy atom. The van der Waals surface area contributed by atoms with Crippen LogP contribution in [0.5, 0.6) is 0 Å². The van der Waals surface area contributed by atoms with E-state index < -0.39 is 0 Å². The Balaban J connectivity index is 1.83. The van der Waals surface area contributed by atoms with Crippen molar-refractivity contribution >= 4 is 27.5 Å². The maximum Gasteiger partial charge on any atom is 0.0438 e. The highest BCUT2D eigenvalue weighted by Gasteiger charge is 2.30. The summed E-state index contributed by atoms with van der Waals surface area (Å²) in [5.74, 6) is 0.599. The molecule has 2 unspecified atom stereocenters. The topological polar surface area (TPSA) is 0 Å². The van der Waals surface area contributed by atoms with Crippen LogP contribution in [0.4, 0.5) is 0 Å². The molecule has 0 amide bonds. The lowest BCUT2D eigenvalue weighted by atomic mass is 9.96. The van der Waals surface area contributed by atoms with Crippen LogP contribution >= 0.6 is 27.5 Å². The summed E-state index contributed by atoms with van der Waals surface area (Å²) >= 11 is 10.1. The first-order valence-electron chi connectivity index (χ1n) is 6.21. The second-order valence-electron chi connectivity index (χ2n) is 4.86. The van der Waals surface area contributed by atoms with Gasteiger partial charge in [-0.25, -0.2) is 0 Å². The molecule has 0 heterocycles. The molecule has 1 aliphatic rings. The van der Waals surface area contributed by atoms with Gasteiger partial charge in [0.1, 0.15) is 0 Å². The number of alkyl halides is 1. The molecule has 1 aliphatic carbocycles. The van der Waals surface area contributed by atoms with E-state index in [1.807, 2.05) is 12.1 Å². The molecule has 2 atom stereocenters. The maximum absolute atomic E-state index is 6.25. The van der Waals surface area contributed by atoms with Gasteiger partial charge < -0.3 is 0 Å². The van der Waals surface area contributed by atoms with Crippen molar-refractivity contribution in [3.05, 3.63) is 70.2 Å². The van der Waals surface area contributed by atoms with E-state index in [4.69, 9.17) is 11.6 Å². The summed E-state index contributed by atoms with van der Waals surface area (Å²) in [7, 11) is 0. The van der Waals surface area contributed by atoms with Crippen LogP contribution in [0.25, 0.3) is 0 Å². The number of benzene rings is 2. The molecule has 0 spiro atoms. The zero-order valence-electron chi connectivity index (χ0n) is 9.94. The first-order chi connectivity index (χ1) is 8.75. The van der Waals surface area contributed by atoms with Crippen molar-refractivity contribution in [2.24, 2.45) is 5.92 Å². The highest BCUT2D eigenvalue weighted by atomic mass is 79.9. The number of fused-ring (bicyclic) bond motifs is 1. The maximum atomic E-state index is 6.25. The third kappa shape index (κ3) is 2.22. The van der Waals surface area contributed by atoms with E-state index >= 15 is 0 Å². The van der Waals surface area contributed by atoms with Crippen molar-refractivity contribution < 1.29 is 0 Å². The van der Waals surface area contributed by atoms with E-state index in [-0.39, 0.29) is 0 Å². The molecule has 2 aromatic rings. The normalized spacial score (nSPS) is 21.9. The standard InChI is InChI=1S/C16H14BrCl/c17-16-13(9-11-5-1-3-7-14(11)16)10-12-6-2-4-8-15(12)18/h1-8,13,16H,9-10H2. The van der Waals surface area contributed by atoms with Crippen molar-refractivity contribution in [2.75, 3.05) is 0 Å². The smallest absolute Gasteiger partial charge is 0.0438 e.